The summed E-state index contributed by atoms with van der Waals surface area (Å²) in [5, 5.41) is 11.0. The molecule has 0 aliphatic carbocycles. The van der Waals surface area contributed by atoms with Gasteiger partial charge in [-0.25, -0.2) is 4.57 Å². The van der Waals surface area contributed by atoms with Crippen molar-refractivity contribution in [3.05, 3.63) is 66.4 Å². The fourth-order valence-corrected chi connectivity index (χ4v) is 4.07. The predicted octanol–water partition coefficient (Wildman–Crippen LogP) is 5.47. The molecule has 2 aromatic carbocycles. The molecule has 146 valence electrons. The lowest BCUT2D eigenvalue weighted by molar-refractivity contribution is -0.653. The highest BCUT2D eigenvalue weighted by atomic mass is 32.1. The summed E-state index contributed by atoms with van der Waals surface area (Å²) in [4.78, 5) is 4.55. The van der Waals surface area contributed by atoms with Crippen LogP contribution in [-0.2, 0) is 13.6 Å². The number of hydrogen-bond acceptors (Lipinski definition) is 5. The van der Waals surface area contributed by atoms with Crippen LogP contribution in [-0.4, -0.2) is 20.1 Å². The summed E-state index contributed by atoms with van der Waals surface area (Å²) in [6.45, 7) is 7.19. The number of azo groups is 1. The molecule has 0 saturated carbocycles. The van der Waals surface area contributed by atoms with E-state index in [0.717, 1.165) is 36.1 Å². The lowest BCUT2D eigenvalue weighted by atomic mass is 10.2. The molecule has 3 aromatic rings. The van der Waals surface area contributed by atoms with Gasteiger partial charge in [-0.05, 0) is 60.1 Å². The van der Waals surface area contributed by atoms with Crippen molar-refractivity contribution in [1.82, 2.24) is 0 Å². The van der Waals surface area contributed by atoms with Crippen molar-refractivity contribution in [3.63, 3.8) is 0 Å². The molecule has 0 spiro atoms. The molecule has 0 amide bonds. The van der Waals surface area contributed by atoms with E-state index in [1.54, 1.807) is 11.3 Å². The number of aryl methyl sites for hydroxylation is 1. The third-order valence-electron chi connectivity index (χ3n) is 4.68. The van der Waals surface area contributed by atoms with E-state index < -0.39 is 0 Å². The van der Waals surface area contributed by atoms with Crippen LogP contribution < -0.4 is 14.4 Å². The second-order valence-electron chi connectivity index (χ2n) is 6.69. The van der Waals surface area contributed by atoms with Crippen LogP contribution in [0.4, 0.5) is 21.5 Å². The minimum absolute atomic E-state index is 0.856. The van der Waals surface area contributed by atoms with E-state index in [9.17, 15) is 0 Å². The first-order valence-electron chi connectivity index (χ1n) is 9.62. The Kier molecular flexibility index (Phi) is 6.76. The van der Waals surface area contributed by atoms with E-state index in [4.69, 9.17) is 0 Å². The summed E-state index contributed by atoms with van der Waals surface area (Å²) in [6, 6.07) is 18.7. The Morgan fingerprint density at radius 3 is 2.25 bits per heavy atom. The summed E-state index contributed by atoms with van der Waals surface area (Å²) in [6.07, 6.45) is 2.12. The van der Waals surface area contributed by atoms with Crippen molar-refractivity contribution >= 4 is 32.8 Å². The van der Waals surface area contributed by atoms with Gasteiger partial charge < -0.3 is 9.80 Å². The van der Waals surface area contributed by atoms with Gasteiger partial charge in [-0.3, -0.25) is 0 Å². The molecule has 28 heavy (non-hydrogen) atoms. The van der Waals surface area contributed by atoms with E-state index in [1.165, 1.54) is 10.6 Å². The molecular formula is C22H28N5S+. The van der Waals surface area contributed by atoms with Gasteiger partial charge in [0.15, 0.2) is 0 Å². The van der Waals surface area contributed by atoms with Crippen LogP contribution in [0.5, 0.6) is 0 Å². The summed E-state index contributed by atoms with van der Waals surface area (Å²) in [7, 11) is 4.11. The molecule has 0 fully saturated rings. The summed E-state index contributed by atoms with van der Waals surface area (Å²) < 4.78 is 2.03. The van der Waals surface area contributed by atoms with Crippen molar-refractivity contribution in [1.29, 1.82) is 0 Å². The fraction of sp³-hybridized carbons (Fsp3) is 0.318. The zero-order valence-corrected chi connectivity index (χ0v) is 17.9. The van der Waals surface area contributed by atoms with Gasteiger partial charge in [-0.2, -0.15) is 0 Å². The van der Waals surface area contributed by atoms with Gasteiger partial charge in [0.1, 0.15) is 16.9 Å². The zero-order valence-electron chi connectivity index (χ0n) is 17.0. The number of benzene rings is 2. The van der Waals surface area contributed by atoms with Crippen molar-refractivity contribution < 1.29 is 4.57 Å². The third kappa shape index (κ3) is 4.95. The smallest absolute Gasteiger partial charge is 0.370 e. The predicted molar refractivity (Wildman–Crippen MR) is 118 cm³/mol. The third-order valence-corrected chi connectivity index (χ3v) is 5.81. The maximum atomic E-state index is 4.46. The normalized spacial score (nSPS) is 11.1. The molecule has 0 atom stereocenters. The standard InChI is InChI=1S/C22H28N5S/c1-5-27(6-2)21-17-26(4)22(28-21)24-23-19-12-14-20(15-13-19)25(3)16-18-10-8-7-9-11-18/h7-15,17H,5-6,16H2,1-4H3/q+1. The molecule has 0 unspecified atom stereocenters. The quantitative estimate of drug-likeness (QED) is 0.375. The molecule has 1 aromatic heterocycles. The van der Waals surface area contributed by atoms with E-state index in [1.807, 2.05) is 29.8 Å². The Hall–Kier alpha value is -2.73. The van der Waals surface area contributed by atoms with Gasteiger partial charge >= 0.3 is 5.13 Å². The molecule has 6 heteroatoms. The second kappa shape index (κ2) is 9.46. The number of hydrogen-bond donors (Lipinski definition) is 0. The van der Waals surface area contributed by atoms with Crippen LogP contribution in [0.3, 0.4) is 0 Å². The summed E-state index contributed by atoms with van der Waals surface area (Å²) >= 11 is 1.67. The molecule has 0 aliphatic heterocycles. The lowest BCUT2D eigenvalue weighted by Crippen LogP contribution is -2.26. The minimum atomic E-state index is 0.856. The van der Waals surface area contributed by atoms with Crippen molar-refractivity contribution in [2.45, 2.75) is 20.4 Å². The first-order valence-corrected chi connectivity index (χ1v) is 10.4. The summed E-state index contributed by atoms with van der Waals surface area (Å²) in [5.74, 6) is 0. The zero-order chi connectivity index (χ0) is 19.9. The van der Waals surface area contributed by atoms with Gasteiger partial charge in [-0.1, -0.05) is 30.3 Å². The molecule has 1 heterocycles. The molecule has 0 aliphatic rings. The Balaban J connectivity index is 1.67. The van der Waals surface area contributed by atoms with Crippen LogP contribution in [0.2, 0.25) is 0 Å². The highest BCUT2D eigenvalue weighted by Crippen LogP contribution is 2.29. The number of anilines is 2. The lowest BCUT2D eigenvalue weighted by Gasteiger charge is -2.19. The van der Waals surface area contributed by atoms with E-state index in [0.29, 0.717) is 0 Å². The van der Waals surface area contributed by atoms with Crippen LogP contribution in [0, 0.1) is 0 Å². The summed E-state index contributed by atoms with van der Waals surface area (Å²) in [5.41, 5.74) is 3.31. The Morgan fingerprint density at radius 1 is 0.929 bits per heavy atom. The number of nitrogens with zero attached hydrogens (tertiary/aromatic N) is 5. The number of rotatable bonds is 8. The van der Waals surface area contributed by atoms with Crippen LogP contribution in [0.1, 0.15) is 19.4 Å². The highest BCUT2D eigenvalue weighted by Gasteiger charge is 2.16. The Bertz CT molecular complexity index is 898. The second-order valence-corrected chi connectivity index (χ2v) is 7.68. The van der Waals surface area contributed by atoms with Gasteiger partial charge in [0, 0.05) is 32.4 Å². The first kappa shape index (κ1) is 20.0. The molecule has 0 N–H and O–H groups in total. The van der Waals surface area contributed by atoms with Crippen molar-refractivity contribution in [3.8, 4) is 0 Å². The fourth-order valence-electron chi connectivity index (χ4n) is 3.01. The van der Waals surface area contributed by atoms with Crippen LogP contribution in [0.25, 0.3) is 0 Å². The Morgan fingerprint density at radius 2 is 1.61 bits per heavy atom. The van der Waals surface area contributed by atoms with Crippen LogP contribution >= 0.6 is 11.3 Å². The van der Waals surface area contributed by atoms with Crippen molar-refractivity contribution in [2.24, 2.45) is 17.3 Å². The molecule has 5 nitrogen and oxygen atoms in total. The average molecular weight is 395 g/mol. The number of thiazole rings is 1. The average Bonchev–Trinajstić information content (AvgIpc) is 3.09. The van der Waals surface area contributed by atoms with Crippen molar-refractivity contribution in [2.75, 3.05) is 29.9 Å². The maximum Gasteiger partial charge on any atom is 0.410 e. The molecule has 0 radical (unpaired) electrons. The highest BCUT2D eigenvalue weighted by molar-refractivity contribution is 7.18. The largest absolute Gasteiger partial charge is 0.410 e. The van der Waals surface area contributed by atoms with Gasteiger partial charge in [-0.15, -0.1) is 0 Å². The van der Waals surface area contributed by atoms with Crippen LogP contribution in [0.15, 0.2) is 71.0 Å². The SMILES string of the molecule is CCN(CC)c1c[n+](C)c(N=Nc2ccc(N(C)Cc3ccccc3)cc2)s1. The maximum absolute atomic E-state index is 4.46. The van der Waals surface area contributed by atoms with E-state index in [2.05, 4.69) is 83.5 Å². The van der Waals surface area contributed by atoms with Gasteiger partial charge in [0.2, 0.25) is 0 Å². The number of aromatic nitrogens is 1. The van der Waals surface area contributed by atoms with E-state index in [-0.39, 0.29) is 0 Å². The molecule has 3 rings (SSSR count). The molecular weight excluding hydrogens is 366 g/mol. The topological polar surface area (TPSA) is 35.1 Å². The minimum Gasteiger partial charge on any atom is -0.370 e. The first-order chi connectivity index (χ1) is 13.6. The van der Waals surface area contributed by atoms with Gasteiger partial charge in [0.05, 0.1) is 12.2 Å². The molecule has 0 bridgehead atoms. The Labute approximate surface area is 171 Å². The van der Waals surface area contributed by atoms with Gasteiger partial charge in [0.25, 0.3) is 0 Å². The molecule has 0 saturated heterocycles. The monoisotopic (exact) mass is 394 g/mol. The van der Waals surface area contributed by atoms with E-state index >= 15 is 0 Å².